The van der Waals surface area contributed by atoms with Crippen LogP contribution in [0.15, 0.2) is 18.3 Å². The molecule has 1 aromatic heterocycles. The number of pyridine rings is 1. The molecule has 1 atom stereocenters. The third kappa shape index (κ3) is 7.02. The van der Waals surface area contributed by atoms with Crippen molar-refractivity contribution < 1.29 is 4.74 Å². The minimum absolute atomic E-state index is 0.411. The molecule has 1 aromatic rings. The van der Waals surface area contributed by atoms with Crippen molar-refractivity contribution in [3.05, 3.63) is 29.6 Å². The number of ether oxygens (including phenoxy) is 1. The zero-order valence-corrected chi connectivity index (χ0v) is 14.2. The molecular formula is C17H31N3O. The second kappa shape index (κ2) is 9.87. The summed E-state index contributed by atoms with van der Waals surface area (Å²) in [5.74, 6) is 0.678. The van der Waals surface area contributed by atoms with Gasteiger partial charge in [-0.05, 0) is 37.6 Å². The van der Waals surface area contributed by atoms with E-state index in [0.717, 1.165) is 38.5 Å². The number of hydrogen-bond acceptors (Lipinski definition) is 4. The zero-order chi connectivity index (χ0) is 15.7. The molecule has 0 aliphatic rings. The second-order valence-electron chi connectivity index (χ2n) is 6.05. The molecule has 21 heavy (non-hydrogen) atoms. The van der Waals surface area contributed by atoms with Crippen LogP contribution in [0, 0.1) is 5.92 Å². The van der Waals surface area contributed by atoms with E-state index in [1.165, 1.54) is 5.56 Å². The number of rotatable bonds is 10. The summed E-state index contributed by atoms with van der Waals surface area (Å²) >= 11 is 0. The Balaban J connectivity index is 2.49. The van der Waals surface area contributed by atoms with Gasteiger partial charge >= 0.3 is 0 Å². The van der Waals surface area contributed by atoms with Crippen molar-refractivity contribution in [2.45, 2.75) is 46.8 Å². The number of aromatic nitrogens is 1. The lowest BCUT2D eigenvalue weighted by Gasteiger charge is -2.26. The first-order valence-corrected chi connectivity index (χ1v) is 7.94. The number of nitrogens with one attached hydrogen (secondary N) is 1. The van der Waals surface area contributed by atoms with Crippen molar-refractivity contribution >= 4 is 0 Å². The van der Waals surface area contributed by atoms with E-state index in [2.05, 4.69) is 55.0 Å². The van der Waals surface area contributed by atoms with E-state index in [1.54, 1.807) is 7.11 Å². The van der Waals surface area contributed by atoms with Gasteiger partial charge in [-0.3, -0.25) is 9.88 Å². The van der Waals surface area contributed by atoms with Gasteiger partial charge in [0.2, 0.25) is 0 Å². The number of nitrogens with zero attached hydrogens (tertiary/aromatic N) is 2. The SMILES string of the molecule is CCN(Cc1ccc(CNCC(C)C)cn1)C(C)COC. The fraction of sp³-hybridized carbons (Fsp3) is 0.706. The van der Waals surface area contributed by atoms with Gasteiger partial charge in [-0.25, -0.2) is 0 Å². The van der Waals surface area contributed by atoms with Crippen LogP contribution < -0.4 is 5.32 Å². The monoisotopic (exact) mass is 293 g/mol. The molecule has 0 saturated heterocycles. The Morgan fingerprint density at radius 2 is 2.05 bits per heavy atom. The van der Waals surface area contributed by atoms with Crippen LogP contribution in [0.25, 0.3) is 0 Å². The van der Waals surface area contributed by atoms with E-state index >= 15 is 0 Å². The summed E-state index contributed by atoms with van der Waals surface area (Å²) in [6.07, 6.45) is 1.98. The molecule has 1 N–H and O–H groups in total. The van der Waals surface area contributed by atoms with Gasteiger partial charge in [0.1, 0.15) is 0 Å². The van der Waals surface area contributed by atoms with E-state index < -0.39 is 0 Å². The number of hydrogen-bond donors (Lipinski definition) is 1. The van der Waals surface area contributed by atoms with Crippen molar-refractivity contribution in [3.8, 4) is 0 Å². The molecular weight excluding hydrogens is 262 g/mol. The Labute approximate surface area is 129 Å². The van der Waals surface area contributed by atoms with Crippen LogP contribution in [0.3, 0.4) is 0 Å². The summed E-state index contributed by atoms with van der Waals surface area (Å²) in [7, 11) is 1.75. The molecule has 0 aliphatic carbocycles. The van der Waals surface area contributed by atoms with Crippen LogP contribution in [0.2, 0.25) is 0 Å². The topological polar surface area (TPSA) is 37.4 Å². The smallest absolute Gasteiger partial charge is 0.0615 e. The Kier molecular flexibility index (Phi) is 8.50. The maximum atomic E-state index is 5.24. The van der Waals surface area contributed by atoms with E-state index in [0.29, 0.717) is 12.0 Å². The molecule has 0 aliphatic heterocycles. The van der Waals surface area contributed by atoms with Crippen molar-refractivity contribution in [2.75, 3.05) is 26.8 Å². The number of likely N-dealkylation sites (N-methyl/N-ethyl adjacent to an activating group) is 1. The summed E-state index contributed by atoms with van der Waals surface area (Å²) in [5.41, 5.74) is 2.36. The first-order chi connectivity index (χ1) is 10.1. The van der Waals surface area contributed by atoms with E-state index in [9.17, 15) is 0 Å². The molecule has 1 rings (SSSR count). The molecule has 0 amide bonds. The second-order valence-corrected chi connectivity index (χ2v) is 6.05. The van der Waals surface area contributed by atoms with Crippen LogP contribution in [0.5, 0.6) is 0 Å². The molecule has 1 unspecified atom stereocenters. The highest BCUT2D eigenvalue weighted by Gasteiger charge is 2.12. The van der Waals surface area contributed by atoms with Gasteiger partial charge in [0.15, 0.2) is 0 Å². The van der Waals surface area contributed by atoms with Gasteiger partial charge in [-0.15, -0.1) is 0 Å². The van der Waals surface area contributed by atoms with E-state index in [-0.39, 0.29) is 0 Å². The number of methoxy groups -OCH3 is 1. The maximum absolute atomic E-state index is 5.24. The predicted octanol–water partition coefficient (Wildman–Crippen LogP) is 2.68. The molecule has 0 saturated carbocycles. The first-order valence-electron chi connectivity index (χ1n) is 7.94. The van der Waals surface area contributed by atoms with Crippen LogP contribution in [-0.2, 0) is 17.8 Å². The quantitative estimate of drug-likeness (QED) is 0.720. The van der Waals surface area contributed by atoms with Crippen molar-refractivity contribution in [2.24, 2.45) is 5.92 Å². The molecule has 0 fully saturated rings. The van der Waals surface area contributed by atoms with Crippen molar-refractivity contribution in [1.29, 1.82) is 0 Å². The van der Waals surface area contributed by atoms with Gasteiger partial charge in [-0.1, -0.05) is 26.8 Å². The largest absolute Gasteiger partial charge is 0.383 e. The molecule has 4 heteroatoms. The van der Waals surface area contributed by atoms with Crippen LogP contribution in [0.1, 0.15) is 39.0 Å². The average Bonchev–Trinajstić information content (AvgIpc) is 2.46. The summed E-state index contributed by atoms with van der Waals surface area (Å²) in [6.45, 7) is 13.4. The molecule has 0 radical (unpaired) electrons. The highest BCUT2D eigenvalue weighted by Crippen LogP contribution is 2.08. The van der Waals surface area contributed by atoms with Gasteiger partial charge in [0.05, 0.1) is 12.3 Å². The fourth-order valence-corrected chi connectivity index (χ4v) is 2.29. The van der Waals surface area contributed by atoms with Gasteiger partial charge < -0.3 is 10.1 Å². The Morgan fingerprint density at radius 1 is 1.29 bits per heavy atom. The standard InChI is InChI=1S/C17H31N3O/c1-6-20(15(4)13-21-5)12-17-8-7-16(11-19-17)10-18-9-14(2)3/h7-8,11,14-15,18H,6,9-10,12-13H2,1-5H3. The van der Waals surface area contributed by atoms with E-state index in [1.807, 2.05) is 6.20 Å². The minimum atomic E-state index is 0.411. The molecule has 0 aromatic carbocycles. The van der Waals surface area contributed by atoms with Crippen LogP contribution >= 0.6 is 0 Å². The lowest BCUT2D eigenvalue weighted by atomic mass is 10.2. The van der Waals surface area contributed by atoms with Crippen molar-refractivity contribution in [1.82, 2.24) is 15.2 Å². The molecule has 4 nitrogen and oxygen atoms in total. The first kappa shape index (κ1) is 18.1. The normalized spacial score (nSPS) is 13.1. The summed E-state index contributed by atoms with van der Waals surface area (Å²) in [5, 5.41) is 3.44. The third-order valence-electron chi connectivity index (χ3n) is 3.57. The molecule has 0 spiro atoms. The van der Waals surface area contributed by atoms with Gasteiger partial charge in [0.25, 0.3) is 0 Å². The average molecular weight is 293 g/mol. The van der Waals surface area contributed by atoms with E-state index in [4.69, 9.17) is 4.74 Å². The molecule has 120 valence electrons. The highest BCUT2D eigenvalue weighted by molar-refractivity contribution is 5.14. The zero-order valence-electron chi connectivity index (χ0n) is 14.2. The summed E-state index contributed by atoms with van der Waals surface area (Å²) < 4.78 is 5.24. The van der Waals surface area contributed by atoms with Crippen molar-refractivity contribution in [3.63, 3.8) is 0 Å². The van der Waals surface area contributed by atoms with Crippen LogP contribution in [0.4, 0.5) is 0 Å². The molecule has 1 heterocycles. The minimum Gasteiger partial charge on any atom is -0.383 e. The maximum Gasteiger partial charge on any atom is 0.0615 e. The Morgan fingerprint density at radius 3 is 2.57 bits per heavy atom. The van der Waals surface area contributed by atoms with Gasteiger partial charge in [-0.2, -0.15) is 0 Å². The predicted molar refractivity (Wildman–Crippen MR) is 88.2 cm³/mol. The molecule has 0 bridgehead atoms. The lowest BCUT2D eigenvalue weighted by molar-refractivity contribution is 0.0974. The fourth-order valence-electron chi connectivity index (χ4n) is 2.29. The summed E-state index contributed by atoms with van der Waals surface area (Å²) in [6, 6.07) is 4.72. The Bertz CT molecular complexity index is 378. The third-order valence-corrected chi connectivity index (χ3v) is 3.57. The van der Waals surface area contributed by atoms with Gasteiger partial charge in [0, 0.05) is 32.4 Å². The van der Waals surface area contributed by atoms with Crippen LogP contribution in [-0.4, -0.2) is 42.7 Å². The lowest BCUT2D eigenvalue weighted by Crippen LogP contribution is -2.35. The Hall–Kier alpha value is -0.970. The highest BCUT2D eigenvalue weighted by atomic mass is 16.5. The summed E-state index contributed by atoms with van der Waals surface area (Å²) in [4.78, 5) is 6.96.